The second-order valence-corrected chi connectivity index (χ2v) is 11.7. The number of nitrogens with zero attached hydrogens (tertiary/aromatic N) is 3. The molecule has 4 aromatic rings. The molecule has 46 heavy (non-hydrogen) atoms. The summed E-state index contributed by atoms with van der Waals surface area (Å²) in [6.07, 6.45) is 0.878. The fourth-order valence-electron chi connectivity index (χ4n) is 5.03. The van der Waals surface area contributed by atoms with Gasteiger partial charge in [0.25, 0.3) is 0 Å². The number of anilines is 1. The van der Waals surface area contributed by atoms with E-state index in [0.29, 0.717) is 22.9 Å². The first-order valence-corrected chi connectivity index (χ1v) is 15.9. The number of alkyl halides is 1. The summed E-state index contributed by atoms with van der Waals surface area (Å²) in [6, 6.07) is 19.5. The summed E-state index contributed by atoms with van der Waals surface area (Å²) >= 11 is 17.8. The minimum Gasteiger partial charge on any atom is -0.469 e. The van der Waals surface area contributed by atoms with E-state index in [2.05, 4.69) is 18.1 Å². The van der Waals surface area contributed by atoms with Gasteiger partial charge in [0.05, 0.1) is 29.1 Å². The lowest BCUT2D eigenvalue weighted by atomic mass is 10.0. The van der Waals surface area contributed by atoms with E-state index in [0.717, 1.165) is 23.2 Å². The number of rotatable bonds is 12. The molecule has 1 aromatic heterocycles. The standard InChI is InChI=1S/C20H16Cl2N2O3.C15H22ClNO2/c1-12-18(19(26)15-9-8-14(21)10-16(15)22)20(24(2)23-12)27-11-17(25)13-6-4-3-5-7-13;1-5-13-8-6-7-11(2)15(13)17(14(18)9-16)12(3)10-19-4/h3-10H,11H2,1-2H3;6-8,12H,5,9-10H2,1-4H3. The van der Waals surface area contributed by atoms with Crippen LogP contribution in [0.25, 0.3) is 0 Å². The predicted octanol–water partition coefficient (Wildman–Crippen LogP) is 7.69. The monoisotopic (exact) mass is 685 g/mol. The van der Waals surface area contributed by atoms with Crippen LogP contribution in [0.4, 0.5) is 5.69 Å². The van der Waals surface area contributed by atoms with Crippen molar-refractivity contribution in [1.82, 2.24) is 9.78 Å². The van der Waals surface area contributed by atoms with Crippen molar-refractivity contribution in [3.05, 3.63) is 110 Å². The van der Waals surface area contributed by atoms with Gasteiger partial charge in [0.2, 0.25) is 17.6 Å². The maximum atomic E-state index is 13.0. The third-order valence-electron chi connectivity index (χ3n) is 7.18. The van der Waals surface area contributed by atoms with Crippen LogP contribution in [0.5, 0.6) is 5.88 Å². The molecule has 8 nitrogen and oxygen atoms in total. The zero-order valence-electron chi connectivity index (χ0n) is 26.8. The van der Waals surface area contributed by atoms with E-state index >= 15 is 0 Å². The lowest BCUT2D eigenvalue weighted by molar-refractivity contribution is -0.116. The Kier molecular flexibility index (Phi) is 13.8. The summed E-state index contributed by atoms with van der Waals surface area (Å²) in [5.41, 5.74) is 4.78. The first-order valence-electron chi connectivity index (χ1n) is 14.6. The fourth-order valence-corrected chi connectivity index (χ4v) is 5.66. The van der Waals surface area contributed by atoms with Gasteiger partial charge in [-0.3, -0.25) is 14.4 Å². The largest absolute Gasteiger partial charge is 0.469 e. The summed E-state index contributed by atoms with van der Waals surface area (Å²) in [6.45, 7) is 8.05. The molecule has 1 unspecified atom stereocenters. The van der Waals surface area contributed by atoms with Crippen LogP contribution in [0.3, 0.4) is 0 Å². The van der Waals surface area contributed by atoms with E-state index in [1.807, 2.05) is 32.0 Å². The van der Waals surface area contributed by atoms with Crippen LogP contribution >= 0.6 is 34.8 Å². The van der Waals surface area contributed by atoms with Gasteiger partial charge in [-0.1, -0.05) is 78.7 Å². The van der Waals surface area contributed by atoms with Gasteiger partial charge in [0.1, 0.15) is 11.4 Å². The van der Waals surface area contributed by atoms with Crippen molar-refractivity contribution >= 4 is 58.0 Å². The highest BCUT2D eigenvalue weighted by Gasteiger charge is 2.26. The average molecular weight is 687 g/mol. The second-order valence-electron chi connectivity index (χ2n) is 10.6. The van der Waals surface area contributed by atoms with Crippen molar-refractivity contribution in [3.8, 4) is 5.88 Å². The number of hydrogen-bond donors (Lipinski definition) is 0. The number of ether oxygens (including phenoxy) is 2. The van der Waals surface area contributed by atoms with Crippen LogP contribution < -0.4 is 9.64 Å². The number of carbonyl (C=O) groups excluding carboxylic acids is 3. The number of amides is 1. The van der Waals surface area contributed by atoms with Gasteiger partial charge in [-0.2, -0.15) is 5.10 Å². The number of para-hydroxylation sites is 1. The minimum absolute atomic E-state index is 0.0223. The summed E-state index contributed by atoms with van der Waals surface area (Å²) in [5, 5.41) is 4.92. The number of benzene rings is 3. The molecule has 0 N–H and O–H groups in total. The number of aromatic nitrogens is 2. The Morgan fingerprint density at radius 2 is 1.70 bits per heavy atom. The summed E-state index contributed by atoms with van der Waals surface area (Å²) in [7, 11) is 3.29. The van der Waals surface area contributed by atoms with Crippen LogP contribution in [0.15, 0.2) is 66.7 Å². The molecule has 0 aliphatic carbocycles. The van der Waals surface area contributed by atoms with Crippen LogP contribution in [0.2, 0.25) is 10.0 Å². The second kappa shape index (κ2) is 17.3. The molecule has 0 saturated heterocycles. The Balaban J connectivity index is 0.000000268. The van der Waals surface area contributed by atoms with Gasteiger partial charge in [0.15, 0.2) is 12.4 Å². The van der Waals surface area contributed by atoms with Gasteiger partial charge in [0, 0.05) is 30.3 Å². The molecule has 244 valence electrons. The molecule has 11 heteroatoms. The molecule has 1 atom stereocenters. The van der Waals surface area contributed by atoms with Crippen LogP contribution in [-0.2, 0) is 23.0 Å². The van der Waals surface area contributed by atoms with E-state index in [-0.39, 0.29) is 58.0 Å². The van der Waals surface area contributed by atoms with Crippen LogP contribution in [0, 0.1) is 13.8 Å². The normalized spacial score (nSPS) is 11.3. The van der Waals surface area contributed by atoms with Crippen molar-refractivity contribution in [2.75, 3.05) is 31.1 Å². The van der Waals surface area contributed by atoms with Gasteiger partial charge < -0.3 is 14.4 Å². The first-order chi connectivity index (χ1) is 21.9. The van der Waals surface area contributed by atoms with Gasteiger partial charge in [-0.25, -0.2) is 4.68 Å². The van der Waals surface area contributed by atoms with E-state index in [1.165, 1.54) is 10.7 Å². The summed E-state index contributed by atoms with van der Waals surface area (Å²) in [5.74, 6) is -0.434. The number of halogens is 3. The Morgan fingerprint density at radius 3 is 2.30 bits per heavy atom. The predicted molar refractivity (Wildman–Crippen MR) is 184 cm³/mol. The van der Waals surface area contributed by atoms with Crippen molar-refractivity contribution in [2.45, 2.75) is 40.2 Å². The molecule has 0 bridgehead atoms. The van der Waals surface area contributed by atoms with Crippen molar-refractivity contribution in [1.29, 1.82) is 0 Å². The average Bonchev–Trinajstić information content (AvgIpc) is 3.33. The van der Waals surface area contributed by atoms with Crippen molar-refractivity contribution < 1.29 is 23.9 Å². The van der Waals surface area contributed by atoms with Crippen molar-refractivity contribution in [3.63, 3.8) is 0 Å². The highest BCUT2D eigenvalue weighted by atomic mass is 35.5. The number of aryl methyl sites for hydroxylation is 4. The van der Waals surface area contributed by atoms with Crippen LogP contribution in [0.1, 0.15) is 56.9 Å². The Labute approximate surface area is 285 Å². The van der Waals surface area contributed by atoms with Crippen molar-refractivity contribution in [2.24, 2.45) is 7.05 Å². The molecule has 0 spiro atoms. The number of carbonyl (C=O) groups is 3. The molecule has 4 rings (SSSR count). The van der Waals surface area contributed by atoms with E-state index in [9.17, 15) is 14.4 Å². The fraction of sp³-hybridized carbons (Fsp3) is 0.314. The molecule has 1 heterocycles. The van der Waals surface area contributed by atoms with Crippen LogP contribution in [-0.4, -0.2) is 59.5 Å². The van der Waals surface area contributed by atoms with Gasteiger partial charge in [-0.05, 0) is 56.5 Å². The van der Waals surface area contributed by atoms with E-state index in [4.69, 9.17) is 44.3 Å². The minimum atomic E-state index is -0.343. The lowest BCUT2D eigenvalue weighted by Crippen LogP contribution is -2.43. The zero-order valence-corrected chi connectivity index (χ0v) is 29.0. The number of hydrogen-bond acceptors (Lipinski definition) is 6. The molecule has 3 aromatic carbocycles. The molecular formula is C35H38Cl3N3O5. The highest BCUT2D eigenvalue weighted by Crippen LogP contribution is 2.30. The third kappa shape index (κ3) is 8.97. The third-order valence-corrected chi connectivity index (χ3v) is 7.96. The first kappa shape index (κ1) is 36.8. The Hall–Kier alpha value is -3.69. The maximum absolute atomic E-state index is 13.0. The maximum Gasteiger partial charge on any atom is 0.242 e. The lowest BCUT2D eigenvalue weighted by Gasteiger charge is -2.31. The number of ketones is 2. The number of Topliss-reactive ketones (excluding diaryl/α,β-unsaturated/α-hetero) is 1. The smallest absolute Gasteiger partial charge is 0.242 e. The summed E-state index contributed by atoms with van der Waals surface area (Å²) in [4.78, 5) is 39.3. The molecule has 0 fully saturated rings. The topological polar surface area (TPSA) is 90.7 Å². The Morgan fingerprint density at radius 1 is 1.00 bits per heavy atom. The summed E-state index contributed by atoms with van der Waals surface area (Å²) < 4.78 is 12.3. The van der Waals surface area contributed by atoms with Gasteiger partial charge in [-0.15, -0.1) is 11.6 Å². The zero-order chi connectivity index (χ0) is 34.0. The molecule has 0 radical (unpaired) electrons. The highest BCUT2D eigenvalue weighted by molar-refractivity contribution is 6.37. The molecule has 0 saturated carbocycles. The molecule has 1 amide bonds. The molecule has 0 aliphatic heterocycles. The van der Waals surface area contributed by atoms with E-state index < -0.39 is 0 Å². The quantitative estimate of drug-likeness (QED) is 0.112. The Bertz CT molecular complexity index is 1670. The molecule has 0 aliphatic rings. The molecular weight excluding hydrogens is 649 g/mol. The number of methoxy groups -OCH3 is 1. The SMILES string of the molecule is CCc1cccc(C)c1N(C(=O)CCl)C(C)COC.Cc1nn(C)c(OCC(=O)c2ccccc2)c1C(=O)c1ccc(Cl)cc1Cl. The van der Waals surface area contributed by atoms with Gasteiger partial charge >= 0.3 is 0 Å². The van der Waals surface area contributed by atoms with E-state index in [1.54, 1.807) is 62.4 Å².